The van der Waals surface area contributed by atoms with Crippen molar-refractivity contribution in [3.8, 4) is 0 Å². The van der Waals surface area contributed by atoms with Gasteiger partial charge in [0.1, 0.15) is 5.69 Å². The topological polar surface area (TPSA) is 34.0 Å². The zero-order valence-corrected chi connectivity index (χ0v) is 18.7. The maximum absolute atomic E-state index is 4.39. The molecule has 152 valence electrons. The van der Waals surface area contributed by atoms with Crippen molar-refractivity contribution >= 4 is 11.1 Å². The van der Waals surface area contributed by atoms with Gasteiger partial charge in [-0.2, -0.15) is 0 Å². The molecular formula is C24H36N4. The molecule has 4 heteroatoms. The zero-order valence-electron chi connectivity index (χ0n) is 18.7. The van der Waals surface area contributed by atoms with E-state index in [4.69, 9.17) is 0 Å². The third-order valence-electron chi connectivity index (χ3n) is 3.95. The van der Waals surface area contributed by atoms with E-state index in [0.717, 1.165) is 40.3 Å². The molecule has 28 heavy (non-hydrogen) atoms. The first-order chi connectivity index (χ1) is 13.6. The zero-order chi connectivity index (χ0) is 21.7. The normalized spacial score (nSPS) is 19.0. The SMILES string of the molecule is C=C/C=C1/CN(C)/C(C=C)=C(/C=C)c2nnn(C)c2/C1=C/C=C\C.CC.CC. The number of allylic oxidation sites excluding steroid dienone is 8. The second-order valence-corrected chi connectivity index (χ2v) is 5.51. The molecule has 0 aromatic carbocycles. The average Bonchev–Trinajstić information content (AvgIpc) is 3.09. The lowest BCUT2D eigenvalue weighted by atomic mass is 9.93. The molecule has 1 aromatic heterocycles. The van der Waals surface area contributed by atoms with Gasteiger partial charge >= 0.3 is 0 Å². The Morgan fingerprint density at radius 2 is 1.61 bits per heavy atom. The van der Waals surface area contributed by atoms with Gasteiger partial charge in [-0.25, -0.2) is 4.68 Å². The van der Waals surface area contributed by atoms with Crippen LogP contribution in [-0.2, 0) is 7.05 Å². The molecule has 0 fully saturated rings. The Hall–Kier alpha value is -2.88. The molecule has 0 saturated heterocycles. The van der Waals surface area contributed by atoms with Gasteiger partial charge in [-0.1, -0.05) is 89.1 Å². The first-order valence-corrected chi connectivity index (χ1v) is 9.84. The highest BCUT2D eigenvalue weighted by atomic mass is 15.4. The van der Waals surface area contributed by atoms with Crippen LogP contribution in [0.3, 0.4) is 0 Å². The van der Waals surface area contributed by atoms with Gasteiger partial charge in [0.25, 0.3) is 0 Å². The van der Waals surface area contributed by atoms with E-state index in [-0.39, 0.29) is 0 Å². The van der Waals surface area contributed by atoms with E-state index < -0.39 is 0 Å². The molecule has 2 heterocycles. The predicted molar refractivity (Wildman–Crippen MR) is 125 cm³/mol. The molecule has 0 bridgehead atoms. The molecule has 2 rings (SSSR count). The van der Waals surface area contributed by atoms with Crippen LogP contribution in [0.4, 0.5) is 0 Å². The number of fused-ring (bicyclic) bond motifs is 1. The number of rotatable bonds is 4. The minimum absolute atomic E-state index is 0.721. The molecule has 0 amide bonds. The number of hydrogen-bond acceptors (Lipinski definition) is 3. The van der Waals surface area contributed by atoms with Crippen LogP contribution in [0.5, 0.6) is 0 Å². The van der Waals surface area contributed by atoms with Gasteiger partial charge in [-0.15, -0.1) is 5.10 Å². The third-order valence-corrected chi connectivity index (χ3v) is 3.95. The Bertz CT molecular complexity index is 786. The van der Waals surface area contributed by atoms with E-state index in [1.54, 1.807) is 4.68 Å². The lowest BCUT2D eigenvalue weighted by Crippen LogP contribution is -2.23. The molecule has 0 aliphatic carbocycles. The number of aryl methyl sites for hydroxylation is 1. The van der Waals surface area contributed by atoms with Crippen molar-refractivity contribution in [3.05, 3.63) is 84.9 Å². The summed E-state index contributed by atoms with van der Waals surface area (Å²) in [6, 6.07) is 0. The summed E-state index contributed by atoms with van der Waals surface area (Å²) in [5, 5.41) is 8.63. The van der Waals surface area contributed by atoms with Gasteiger partial charge < -0.3 is 4.90 Å². The Balaban J connectivity index is 0.00000171. The molecule has 0 N–H and O–H groups in total. The van der Waals surface area contributed by atoms with Crippen LogP contribution >= 0.6 is 0 Å². The molecule has 0 radical (unpaired) electrons. The van der Waals surface area contributed by atoms with Crippen LogP contribution in [-0.4, -0.2) is 33.5 Å². The molecular weight excluding hydrogens is 344 g/mol. The van der Waals surface area contributed by atoms with Crippen molar-refractivity contribution in [3.63, 3.8) is 0 Å². The van der Waals surface area contributed by atoms with Crippen LogP contribution in [0.1, 0.15) is 46.0 Å². The summed E-state index contributed by atoms with van der Waals surface area (Å²) in [6.07, 6.45) is 13.6. The highest BCUT2D eigenvalue weighted by molar-refractivity contribution is 5.89. The fraction of sp³-hybridized carbons (Fsp3) is 0.333. The maximum Gasteiger partial charge on any atom is 0.123 e. The van der Waals surface area contributed by atoms with Gasteiger partial charge in [0.05, 0.1) is 5.69 Å². The van der Waals surface area contributed by atoms with Crippen molar-refractivity contribution in [2.75, 3.05) is 13.6 Å². The van der Waals surface area contributed by atoms with Crippen molar-refractivity contribution in [2.24, 2.45) is 7.05 Å². The lowest BCUT2D eigenvalue weighted by Gasteiger charge is -2.28. The number of hydrogen-bond donors (Lipinski definition) is 0. The van der Waals surface area contributed by atoms with Gasteiger partial charge in [0.2, 0.25) is 0 Å². The van der Waals surface area contributed by atoms with Crippen LogP contribution < -0.4 is 0 Å². The summed E-state index contributed by atoms with van der Waals surface area (Å²) in [5.74, 6) is 0. The molecule has 1 aliphatic heterocycles. The van der Waals surface area contributed by atoms with Crippen LogP contribution in [0.25, 0.3) is 11.1 Å². The molecule has 0 spiro atoms. The fourth-order valence-electron chi connectivity index (χ4n) is 2.88. The van der Waals surface area contributed by atoms with E-state index in [9.17, 15) is 0 Å². The molecule has 4 nitrogen and oxygen atoms in total. The summed E-state index contributed by atoms with van der Waals surface area (Å²) in [7, 11) is 3.94. The molecule has 1 aromatic rings. The van der Waals surface area contributed by atoms with Crippen LogP contribution in [0, 0.1) is 0 Å². The highest BCUT2D eigenvalue weighted by Crippen LogP contribution is 2.35. The van der Waals surface area contributed by atoms with Gasteiger partial charge in [-0.05, 0) is 18.6 Å². The monoisotopic (exact) mass is 380 g/mol. The Labute approximate surface area is 171 Å². The van der Waals surface area contributed by atoms with E-state index in [1.807, 2.05) is 85.2 Å². The number of nitrogens with zero attached hydrogens (tertiary/aromatic N) is 4. The van der Waals surface area contributed by atoms with Crippen LogP contribution in [0.2, 0.25) is 0 Å². The van der Waals surface area contributed by atoms with Crippen molar-refractivity contribution < 1.29 is 0 Å². The quantitative estimate of drug-likeness (QED) is 0.645. The first kappa shape index (κ1) is 25.1. The van der Waals surface area contributed by atoms with Crippen molar-refractivity contribution in [2.45, 2.75) is 34.6 Å². The highest BCUT2D eigenvalue weighted by Gasteiger charge is 2.25. The third kappa shape index (κ3) is 5.56. The van der Waals surface area contributed by atoms with E-state index >= 15 is 0 Å². The number of aromatic nitrogens is 3. The second kappa shape index (κ2) is 13.3. The number of likely N-dealkylation sites (N-methyl/N-ethyl adjacent to an activating group) is 1. The smallest absolute Gasteiger partial charge is 0.123 e. The Morgan fingerprint density at radius 1 is 0.964 bits per heavy atom. The summed E-state index contributed by atoms with van der Waals surface area (Å²) >= 11 is 0. The van der Waals surface area contributed by atoms with Crippen LogP contribution in [0.15, 0.2) is 73.5 Å². The second-order valence-electron chi connectivity index (χ2n) is 5.51. The summed E-state index contributed by atoms with van der Waals surface area (Å²) in [4.78, 5) is 2.14. The minimum Gasteiger partial charge on any atom is -0.370 e. The van der Waals surface area contributed by atoms with Crippen molar-refractivity contribution in [1.82, 2.24) is 19.9 Å². The minimum atomic E-state index is 0.721. The average molecular weight is 381 g/mol. The standard InChI is InChI=1S/C20H24N4.2C2H6/c1-7-11-13-17-15(12-8-2)14-23(5)18(10-4)16(9-3)19-20(17)24(6)22-21-19;2*1-2/h7-13H,2-4,14H2,1,5-6H3;2*1-2H3/b11-7-,15-12-,17-13+,18-16-;;. The maximum atomic E-state index is 4.39. The largest absolute Gasteiger partial charge is 0.370 e. The first-order valence-electron chi connectivity index (χ1n) is 9.84. The fourth-order valence-corrected chi connectivity index (χ4v) is 2.88. The van der Waals surface area contributed by atoms with E-state index in [0.29, 0.717) is 0 Å². The Morgan fingerprint density at radius 3 is 2.11 bits per heavy atom. The van der Waals surface area contributed by atoms with Gasteiger partial charge in [0, 0.05) is 37.5 Å². The van der Waals surface area contributed by atoms with Gasteiger partial charge in [0.15, 0.2) is 0 Å². The van der Waals surface area contributed by atoms with E-state index in [1.165, 1.54) is 0 Å². The molecule has 0 atom stereocenters. The summed E-state index contributed by atoms with van der Waals surface area (Å²) < 4.78 is 1.80. The molecule has 1 aliphatic rings. The lowest BCUT2D eigenvalue weighted by molar-refractivity contribution is 0.474. The summed E-state index contributed by atoms with van der Waals surface area (Å²) in [6.45, 7) is 22.5. The van der Waals surface area contributed by atoms with Crippen molar-refractivity contribution in [1.29, 1.82) is 0 Å². The predicted octanol–water partition coefficient (Wildman–Crippen LogP) is 5.97. The molecule has 0 unspecified atom stereocenters. The molecule has 0 saturated carbocycles. The summed E-state index contributed by atoms with van der Waals surface area (Å²) in [5.41, 5.74) is 5.89. The van der Waals surface area contributed by atoms with E-state index in [2.05, 4.69) is 41.0 Å². The Kier molecular flexibility index (Phi) is 11.9. The van der Waals surface area contributed by atoms with Gasteiger partial charge in [-0.3, -0.25) is 0 Å².